The summed E-state index contributed by atoms with van der Waals surface area (Å²) in [6.07, 6.45) is 4.51. The van der Waals surface area contributed by atoms with Crippen molar-refractivity contribution >= 4 is 17.5 Å². The van der Waals surface area contributed by atoms with E-state index in [1.165, 1.54) is 19.8 Å². The number of hydrogen-bond acceptors (Lipinski definition) is 2. The quantitative estimate of drug-likeness (QED) is 0.861. The summed E-state index contributed by atoms with van der Waals surface area (Å²) in [4.78, 5) is 28.1. The maximum atomic E-state index is 12.5. The van der Waals surface area contributed by atoms with Gasteiger partial charge in [0.1, 0.15) is 6.54 Å². The average Bonchev–Trinajstić information content (AvgIpc) is 2.74. The molecule has 0 saturated carbocycles. The van der Waals surface area contributed by atoms with E-state index in [-0.39, 0.29) is 18.4 Å². The fourth-order valence-corrected chi connectivity index (χ4v) is 3.03. The van der Waals surface area contributed by atoms with E-state index in [0.717, 1.165) is 42.7 Å². The smallest absolute Gasteiger partial charge is 0.242 e. The summed E-state index contributed by atoms with van der Waals surface area (Å²) in [6.45, 7) is 7.30. The van der Waals surface area contributed by atoms with Gasteiger partial charge in [-0.3, -0.25) is 9.59 Å². The van der Waals surface area contributed by atoms with Crippen LogP contribution in [0.25, 0.3) is 0 Å². The lowest BCUT2D eigenvalue weighted by Crippen LogP contribution is -2.43. The van der Waals surface area contributed by atoms with Gasteiger partial charge in [0.25, 0.3) is 0 Å². The first-order chi connectivity index (χ1) is 10.5. The second-order valence-corrected chi connectivity index (χ2v) is 6.19. The van der Waals surface area contributed by atoms with Gasteiger partial charge in [0, 0.05) is 25.7 Å². The van der Waals surface area contributed by atoms with Crippen molar-refractivity contribution in [2.75, 3.05) is 24.5 Å². The molecule has 0 unspecified atom stereocenters. The van der Waals surface area contributed by atoms with Crippen LogP contribution in [0.2, 0.25) is 0 Å². The van der Waals surface area contributed by atoms with Gasteiger partial charge in [-0.1, -0.05) is 30.5 Å². The zero-order chi connectivity index (χ0) is 16.1. The van der Waals surface area contributed by atoms with Crippen molar-refractivity contribution in [3.8, 4) is 0 Å². The normalized spacial score (nSPS) is 15.3. The standard InChI is InChI=1S/C18H26N2O2/c1-14-8-9-17(15(2)12-14)20(16(3)21)13-18(22)19-10-6-4-5-7-11-19/h8-9,12H,4-7,10-11,13H2,1-3H3. The number of nitrogens with zero attached hydrogens (tertiary/aromatic N) is 2. The van der Waals surface area contributed by atoms with Gasteiger partial charge in [-0.05, 0) is 38.3 Å². The molecule has 0 radical (unpaired) electrons. The fourth-order valence-electron chi connectivity index (χ4n) is 3.03. The van der Waals surface area contributed by atoms with Gasteiger partial charge >= 0.3 is 0 Å². The Hall–Kier alpha value is -1.84. The highest BCUT2D eigenvalue weighted by Gasteiger charge is 2.22. The van der Waals surface area contributed by atoms with Gasteiger partial charge in [-0.25, -0.2) is 0 Å². The number of rotatable bonds is 3. The van der Waals surface area contributed by atoms with Gasteiger partial charge < -0.3 is 9.80 Å². The van der Waals surface area contributed by atoms with Crippen molar-refractivity contribution in [3.63, 3.8) is 0 Å². The van der Waals surface area contributed by atoms with E-state index in [4.69, 9.17) is 0 Å². The maximum absolute atomic E-state index is 12.5. The number of likely N-dealkylation sites (tertiary alicyclic amines) is 1. The largest absolute Gasteiger partial charge is 0.341 e. The van der Waals surface area contributed by atoms with Crippen LogP contribution >= 0.6 is 0 Å². The van der Waals surface area contributed by atoms with E-state index in [1.807, 2.05) is 36.9 Å². The second kappa shape index (κ2) is 7.43. The summed E-state index contributed by atoms with van der Waals surface area (Å²) >= 11 is 0. The molecule has 1 fully saturated rings. The van der Waals surface area contributed by atoms with E-state index in [9.17, 15) is 9.59 Å². The number of aryl methyl sites for hydroxylation is 2. The minimum absolute atomic E-state index is 0.0528. The number of amides is 2. The van der Waals surface area contributed by atoms with Crippen LogP contribution in [0.5, 0.6) is 0 Å². The molecule has 4 nitrogen and oxygen atoms in total. The molecule has 1 aromatic carbocycles. The number of anilines is 1. The van der Waals surface area contributed by atoms with E-state index in [1.54, 1.807) is 4.90 Å². The Kier molecular flexibility index (Phi) is 5.58. The Labute approximate surface area is 133 Å². The second-order valence-electron chi connectivity index (χ2n) is 6.19. The molecule has 22 heavy (non-hydrogen) atoms. The van der Waals surface area contributed by atoms with Gasteiger partial charge in [0.2, 0.25) is 11.8 Å². The average molecular weight is 302 g/mol. The molecule has 0 aliphatic carbocycles. The minimum Gasteiger partial charge on any atom is -0.341 e. The molecule has 1 heterocycles. The van der Waals surface area contributed by atoms with Gasteiger partial charge in [0.05, 0.1) is 0 Å². The predicted molar refractivity (Wildman–Crippen MR) is 89.0 cm³/mol. The third kappa shape index (κ3) is 4.09. The van der Waals surface area contributed by atoms with E-state index in [2.05, 4.69) is 0 Å². The SMILES string of the molecule is CC(=O)N(CC(=O)N1CCCCCC1)c1ccc(C)cc1C. The highest BCUT2D eigenvalue weighted by Crippen LogP contribution is 2.22. The summed E-state index contributed by atoms with van der Waals surface area (Å²) in [5.41, 5.74) is 3.02. The zero-order valence-corrected chi connectivity index (χ0v) is 13.9. The van der Waals surface area contributed by atoms with E-state index in [0.29, 0.717) is 0 Å². The zero-order valence-electron chi connectivity index (χ0n) is 13.9. The van der Waals surface area contributed by atoms with Crippen LogP contribution in [0.4, 0.5) is 5.69 Å². The summed E-state index contributed by atoms with van der Waals surface area (Å²) < 4.78 is 0. The number of hydrogen-bond donors (Lipinski definition) is 0. The molecule has 1 aliphatic rings. The lowest BCUT2D eigenvalue weighted by atomic mass is 10.1. The van der Waals surface area contributed by atoms with Gasteiger partial charge in [-0.2, -0.15) is 0 Å². The number of carbonyl (C=O) groups excluding carboxylic acids is 2. The first-order valence-corrected chi connectivity index (χ1v) is 8.12. The maximum Gasteiger partial charge on any atom is 0.242 e. The highest BCUT2D eigenvalue weighted by molar-refractivity contribution is 5.98. The Balaban J connectivity index is 2.14. The minimum atomic E-state index is -0.0878. The summed E-state index contributed by atoms with van der Waals surface area (Å²) in [5.74, 6) is -0.0350. The highest BCUT2D eigenvalue weighted by atomic mass is 16.2. The Morgan fingerprint density at radius 2 is 1.73 bits per heavy atom. The summed E-state index contributed by atoms with van der Waals surface area (Å²) in [6, 6.07) is 5.96. The lowest BCUT2D eigenvalue weighted by Gasteiger charge is -2.27. The van der Waals surface area contributed by atoms with Crippen molar-refractivity contribution < 1.29 is 9.59 Å². The van der Waals surface area contributed by atoms with Crippen molar-refractivity contribution in [2.24, 2.45) is 0 Å². The molecule has 2 rings (SSSR count). The van der Waals surface area contributed by atoms with Gasteiger partial charge in [0.15, 0.2) is 0 Å². The first kappa shape index (κ1) is 16.5. The van der Waals surface area contributed by atoms with E-state index >= 15 is 0 Å². The summed E-state index contributed by atoms with van der Waals surface area (Å²) in [7, 11) is 0. The predicted octanol–water partition coefficient (Wildman–Crippen LogP) is 3.06. The van der Waals surface area contributed by atoms with Crippen LogP contribution < -0.4 is 4.90 Å². The molecule has 0 N–H and O–H groups in total. The molecule has 120 valence electrons. The third-order valence-corrected chi connectivity index (χ3v) is 4.28. The molecule has 2 amide bonds. The van der Waals surface area contributed by atoms with Crippen LogP contribution in [0.1, 0.15) is 43.7 Å². The van der Waals surface area contributed by atoms with E-state index < -0.39 is 0 Å². The molecular weight excluding hydrogens is 276 g/mol. The molecule has 0 bridgehead atoms. The van der Waals surface area contributed by atoms with Crippen molar-refractivity contribution in [2.45, 2.75) is 46.5 Å². The molecule has 0 atom stereocenters. The number of benzene rings is 1. The first-order valence-electron chi connectivity index (χ1n) is 8.12. The molecule has 1 aromatic rings. The summed E-state index contributed by atoms with van der Waals surface area (Å²) in [5, 5.41) is 0. The fraction of sp³-hybridized carbons (Fsp3) is 0.556. The van der Waals surface area contributed by atoms with Crippen LogP contribution in [0.3, 0.4) is 0 Å². The van der Waals surface area contributed by atoms with Crippen molar-refractivity contribution in [1.29, 1.82) is 0 Å². The lowest BCUT2D eigenvalue weighted by molar-refractivity contribution is -0.131. The molecular formula is C18H26N2O2. The molecule has 0 aromatic heterocycles. The molecule has 1 aliphatic heterocycles. The van der Waals surface area contributed by atoms with Crippen molar-refractivity contribution in [3.05, 3.63) is 29.3 Å². The molecule has 0 spiro atoms. The Morgan fingerprint density at radius 1 is 1.09 bits per heavy atom. The Morgan fingerprint density at radius 3 is 2.27 bits per heavy atom. The monoisotopic (exact) mass is 302 g/mol. The number of carbonyl (C=O) groups is 2. The Bertz CT molecular complexity index is 546. The topological polar surface area (TPSA) is 40.6 Å². The van der Waals surface area contributed by atoms with Crippen LogP contribution in [-0.4, -0.2) is 36.3 Å². The molecule has 4 heteroatoms. The van der Waals surface area contributed by atoms with Crippen molar-refractivity contribution in [1.82, 2.24) is 4.90 Å². The molecule has 1 saturated heterocycles. The van der Waals surface area contributed by atoms with Crippen LogP contribution in [0.15, 0.2) is 18.2 Å². The van der Waals surface area contributed by atoms with Crippen LogP contribution in [-0.2, 0) is 9.59 Å². The van der Waals surface area contributed by atoms with Gasteiger partial charge in [-0.15, -0.1) is 0 Å². The van der Waals surface area contributed by atoms with Crippen LogP contribution in [0, 0.1) is 13.8 Å². The third-order valence-electron chi connectivity index (χ3n) is 4.28.